The lowest BCUT2D eigenvalue weighted by molar-refractivity contribution is -0.0836. The van der Waals surface area contributed by atoms with Crippen molar-refractivity contribution in [3.05, 3.63) is 29.1 Å². The van der Waals surface area contributed by atoms with E-state index in [1.165, 1.54) is 89.0 Å². The summed E-state index contributed by atoms with van der Waals surface area (Å²) in [5.41, 5.74) is 3.91. The van der Waals surface area contributed by atoms with Gasteiger partial charge in [-0.25, -0.2) is 4.98 Å². The molecule has 2 nitrogen and oxygen atoms in total. The highest BCUT2D eigenvalue weighted by atomic mass is 14.7. The average Bonchev–Trinajstić information content (AvgIpc) is 3.22. The lowest BCUT2D eigenvalue weighted by atomic mass is 9.47. The Kier molecular flexibility index (Phi) is 7.60. The standard InChI is InChI=1S/C34H52N2.H2/c1-6-7-8-17-33(4)18-15-27-26(21-33)11-12-29-28(27)16-19-34(5)30(13-14-31(29)34)23(2)20-25-10-9-24(3)36-32(25)22-35;/h9-10,23,26-31H,6-8,11-21H2,1-5H3;1H/t23-,26+,27-,28+,29+,30+,31?,33-,34+;/m0./s1. The molecule has 1 unspecified atom stereocenters. The van der Waals surface area contributed by atoms with Crippen LogP contribution in [-0.2, 0) is 6.42 Å². The van der Waals surface area contributed by atoms with Gasteiger partial charge in [-0.3, -0.25) is 0 Å². The quantitative estimate of drug-likeness (QED) is 0.357. The summed E-state index contributed by atoms with van der Waals surface area (Å²) in [6, 6.07) is 6.63. The molecule has 4 fully saturated rings. The highest BCUT2D eigenvalue weighted by Crippen LogP contribution is 2.66. The van der Waals surface area contributed by atoms with Crippen molar-refractivity contribution in [3.63, 3.8) is 0 Å². The number of fused-ring (bicyclic) bond motifs is 5. The molecular weight excluding hydrogens is 436 g/mol. The van der Waals surface area contributed by atoms with Crippen LogP contribution in [0.2, 0.25) is 0 Å². The number of aryl methyl sites for hydroxylation is 1. The third-order valence-corrected chi connectivity index (χ3v) is 12.3. The molecule has 200 valence electrons. The zero-order valence-electron chi connectivity index (χ0n) is 24.0. The van der Waals surface area contributed by atoms with E-state index in [0.29, 0.717) is 22.4 Å². The van der Waals surface area contributed by atoms with E-state index in [4.69, 9.17) is 0 Å². The van der Waals surface area contributed by atoms with Crippen LogP contribution in [0.15, 0.2) is 12.1 Å². The van der Waals surface area contributed by atoms with Crippen molar-refractivity contribution in [2.24, 2.45) is 52.3 Å². The first-order chi connectivity index (χ1) is 17.3. The molecule has 9 atom stereocenters. The molecule has 4 aliphatic rings. The van der Waals surface area contributed by atoms with E-state index in [9.17, 15) is 5.26 Å². The molecule has 0 N–H and O–H groups in total. The SMILES string of the molecule is CCCCC[C@@]1(C)CC[C@H]2[C@H](CC[C@H]3C4CC[C@H]([C@@H](C)Cc5ccc(C)nc5C#N)[C@@]4(C)CC[C@H]23)C1.[HH]. The Morgan fingerprint density at radius 1 is 1.03 bits per heavy atom. The van der Waals surface area contributed by atoms with Crippen molar-refractivity contribution in [1.29, 1.82) is 5.26 Å². The first-order valence-electron chi connectivity index (χ1n) is 15.6. The van der Waals surface area contributed by atoms with Crippen LogP contribution < -0.4 is 0 Å². The van der Waals surface area contributed by atoms with Crippen LogP contribution >= 0.6 is 0 Å². The minimum Gasteiger partial charge on any atom is -0.242 e. The van der Waals surface area contributed by atoms with Gasteiger partial charge in [0.15, 0.2) is 0 Å². The van der Waals surface area contributed by atoms with Crippen LogP contribution in [0.5, 0.6) is 0 Å². The molecule has 1 aromatic heterocycles. The summed E-state index contributed by atoms with van der Waals surface area (Å²) in [6.07, 6.45) is 20.1. The molecule has 36 heavy (non-hydrogen) atoms. The number of nitrogens with zero attached hydrogens (tertiary/aromatic N) is 2. The molecule has 0 radical (unpaired) electrons. The summed E-state index contributed by atoms with van der Waals surface area (Å²) in [4.78, 5) is 4.53. The highest BCUT2D eigenvalue weighted by molar-refractivity contribution is 5.33. The molecule has 1 heterocycles. The molecule has 0 amide bonds. The van der Waals surface area contributed by atoms with Gasteiger partial charge in [-0.1, -0.05) is 53.0 Å². The Morgan fingerprint density at radius 2 is 1.83 bits per heavy atom. The molecule has 1 aromatic rings. The summed E-state index contributed by atoms with van der Waals surface area (Å²) in [5.74, 6) is 6.41. The Hall–Kier alpha value is -1.36. The first-order valence-corrected chi connectivity index (χ1v) is 15.6. The van der Waals surface area contributed by atoms with E-state index >= 15 is 0 Å². The normalized spacial score (nSPS) is 40.6. The minimum absolute atomic E-state index is 0. The molecule has 0 aromatic carbocycles. The molecule has 4 saturated carbocycles. The van der Waals surface area contributed by atoms with Crippen LogP contribution in [0.4, 0.5) is 0 Å². The maximum absolute atomic E-state index is 9.66. The fraction of sp³-hybridized carbons (Fsp3) is 0.824. The zero-order valence-corrected chi connectivity index (χ0v) is 24.0. The van der Waals surface area contributed by atoms with Gasteiger partial charge in [0, 0.05) is 7.12 Å². The molecule has 0 saturated heterocycles. The maximum Gasteiger partial charge on any atom is 0.143 e. The molecule has 5 rings (SSSR count). The average molecular weight is 491 g/mol. The Morgan fingerprint density at radius 3 is 2.61 bits per heavy atom. The van der Waals surface area contributed by atoms with Crippen LogP contribution in [0.3, 0.4) is 0 Å². The van der Waals surface area contributed by atoms with E-state index in [1.807, 2.05) is 6.92 Å². The first kappa shape index (κ1) is 26.3. The Balaban J connectivity index is 0.00000320. The summed E-state index contributed by atoms with van der Waals surface area (Å²) >= 11 is 0. The maximum atomic E-state index is 9.66. The van der Waals surface area contributed by atoms with Crippen LogP contribution in [0, 0.1) is 70.5 Å². The zero-order chi connectivity index (χ0) is 25.5. The fourth-order valence-corrected chi connectivity index (χ4v) is 10.5. The van der Waals surface area contributed by atoms with Crippen LogP contribution in [-0.4, -0.2) is 4.98 Å². The van der Waals surface area contributed by atoms with Crippen molar-refractivity contribution < 1.29 is 1.43 Å². The predicted molar refractivity (Wildman–Crippen MR) is 152 cm³/mol. The molecule has 4 aliphatic carbocycles. The minimum atomic E-state index is 0. The number of nitriles is 1. The highest BCUT2D eigenvalue weighted by Gasteiger charge is 2.58. The van der Waals surface area contributed by atoms with E-state index in [2.05, 4.69) is 50.9 Å². The lowest BCUT2D eigenvalue weighted by Crippen LogP contribution is -2.50. The predicted octanol–water partition coefficient (Wildman–Crippen LogP) is 9.54. The van der Waals surface area contributed by atoms with Gasteiger partial charge in [-0.05, 0) is 141 Å². The summed E-state index contributed by atoms with van der Waals surface area (Å²) in [5, 5.41) is 9.66. The van der Waals surface area contributed by atoms with Gasteiger partial charge in [0.2, 0.25) is 0 Å². The van der Waals surface area contributed by atoms with E-state index in [-0.39, 0.29) is 1.43 Å². The number of pyridine rings is 1. The third-order valence-electron chi connectivity index (χ3n) is 12.3. The smallest absolute Gasteiger partial charge is 0.143 e. The number of hydrogen-bond acceptors (Lipinski definition) is 2. The van der Waals surface area contributed by atoms with Crippen molar-refractivity contribution >= 4 is 0 Å². The number of unbranched alkanes of at least 4 members (excludes halogenated alkanes) is 2. The topological polar surface area (TPSA) is 36.7 Å². The van der Waals surface area contributed by atoms with Crippen molar-refractivity contribution in [2.75, 3.05) is 0 Å². The molecule has 0 spiro atoms. The molecule has 0 aliphatic heterocycles. The summed E-state index contributed by atoms with van der Waals surface area (Å²) in [6.45, 7) is 12.1. The van der Waals surface area contributed by atoms with Crippen molar-refractivity contribution in [3.8, 4) is 6.07 Å². The van der Waals surface area contributed by atoms with Gasteiger partial charge < -0.3 is 0 Å². The fourth-order valence-electron chi connectivity index (χ4n) is 10.5. The molecule has 0 bridgehead atoms. The summed E-state index contributed by atoms with van der Waals surface area (Å²) in [7, 11) is 0. The third kappa shape index (κ3) is 4.78. The Bertz CT molecular complexity index is 967. The van der Waals surface area contributed by atoms with Gasteiger partial charge in [0.05, 0.1) is 0 Å². The van der Waals surface area contributed by atoms with Crippen molar-refractivity contribution in [1.82, 2.24) is 4.98 Å². The number of hydrogen-bond donors (Lipinski definition) is 0. The van der Waals surface area contributed by atoms with E-state index in [1.54, 1.807) is 0 Å². The van der Waals surface area contributed by atoms with Gasteiger partial charge >= 0.3 is 0 Å². The summed E-state index contributed by atoms with van der Waals surface area (Å²) < 4.78 is 0. The molecular formula is C34H54N2. The van der Waals surface area contributed by atoms with Crippen LogP contribution in [0.25, 0.3) is 0 Å². The second kappa shape index (κ2) is 10.4. The largest absolute Gasteiger partial charge is 0.242 e. The van der Waals surface area contributed by atoms with Gasteiger partial charge in [0.1, 0.15) is 11.8 Å². The van der Waals surface area contributed by atoms with Gasteiger partial charge in [-0.2, -0.15) is 5.26 Å². The lowest BCUT2D eigenvalue weighted by Gasteiger charge is -2.58. The van der Waals surface area contributed by atoms with Crippen molar-refractivity contribution in [2.45, 2.75) is 125 Å². The van der Waals surface area contributed by atoms with E-state index in [0.717, 1.165) is 47.6 Å². The van der Waals surface area contributed by atoms with E-state index < -0.39 is 0 Å². The number of aromatic nitrogens is 1. The number of rotatable bonds is 7. The molecule has 2 heteroatoms. The Labute approximate surface area is 223 Å². The second-order valence-corrected chi connectivity index (χ2v) is 14.4. The second-order valence-electron chi connectivity index (χ2n) is 14.4. The monoisotopic (exact) mass is 490 g/mol. The van der Waals surface area contributed by atoms with Gasteiger partial charge in [-0.15, -0.1) is 0 Å². The van der Waals surface area contributed by atoms with Crippen LogP contribution in [0.1, 0.15) is 130 Å². The van der Waals surface area contributed by atoms with Gasteiger partial charge in [0.25, 0.3) is 0 Å².